The van der Waals surface area contributed by atoms with Crippen LogP contribution in [-0.2, 0) is 18.6 Å². The molecule has 1 aromatic rings. The maximum Gasteiger partial charge on any atom is 0.150 e. The van der Waals surface area contributed by atoms with E-state index in [0.29, 0.717) is 0 Å². The van der Waals surface area contributed by atoms with Gasteiger partial charge in [-0.25, -0.2) is 0 Å². The Morgan fingerprint density at radius 3 is 1.83 bits per heavy atom. The van der Waals surface area contributed by atoms with Crippen molar-refractivity contribution in [1.82, 2.24) is 0 Å². The molecule has 2 heteroatoms. The SMILES string of the molecule is Cc1cc(C)c(C=O)c(C)c1.[V]. The van der Waals surface area contributed by atoms with E-state index < -0.39 is 0 Å². The molecule has 0 unspecified atom stereocenters. The molecule has 0 fully saturated rings. The van der Waals surface area contributed by atoms with Crippen LogP contribution >= 0.6 is 0 Å². The third kappa shape index (κ3) is 2.23. The molecule has 0 bridgehead atoms. The molecule has 0 atom stereocenters. The average Bonchev–Trinajstić information content (AvgIpc) is 1.85. The molecule has 0 aliphatic rings. The molecule has 1 rings (SSSR count). The van der Waals surface area contributed by atoms with Crippen LogP contribution in [-0.4, -0.2) is 6.29 Å². The van der Waals surface area contributed by atoms with Crippen LogP contribution in [0, 0.1) is 20.8 Å². The first-order valence-electron chi connectivity index (χ1n) is 3.68. The second-order valence-electron chi connectivity index (χ2n) is 2.93. The van der Waals surface area contributed by atoms with Gasteiger partial charge in [0, 0.05) is 24.1 Å². The Morgan fingerprint density at radius 2 is 1.50 bits per heavy atom. The molecule has 0 aromatic heterocycles. The van der Waals surface area contributed by atoms with Crippen molar-refractivity contribution >= 4 is 6.29 Å². The van der Waals surface area contributed by atoms with Gasteiger partial charge in [-0.15, -0.1) is 0 Å². The molecule has 63 valence electrons. The van der Waals surface area contributed by atoms with Gasteiger partial charge >= 0.3 is 0 Å². The number of hydrogen-bond acceptors (Lipinski definition) is 1. The van der Waals surface area contributed by atoms with E-state index in [1.807, 2.05) is 32.9 Å². The number of carbonyl (C=O) groups excluding carboxylic acids is 1. The zero-order chi connectivity index (χ0) is 8.43. The first-order valence-corrected chi connectivity index (χ1v) is 3.68. The summed E-state index contributed by atoms with van der Waals surface area (Å²) in [7, 11) is 0. The second-order valence-corrected chi connectivity index (χ2v) is 2.93. The largest absolute Gasteiger partial charge is 0.298 e. The summed E-state index contributed by atoms with van der Waals surface area (Å²) in [5.74, 6) is 0. The fourth-order valence-electron chi connectivity index (χ4n) is 1.38. The average molecular weight is 199 g/mol. The second kappa shape index (κ2) is 4.49. The molecule has 0 saturated heterocycles. The van der Waals surface area contributed by atoms with Crippen molar-refractivity contribution < 1.29 is 23.4 Å². The van der Waals surface area contributed by atoms with E-state index in [2.05, 4.69) is 0 Å². The molecule has 0 heterocycles. The van der Waals surface area contributed by atoms with Crippen LogP contribution in [0.4, 0.5) is 0 Å². The molecule has 1 radical (unpaired) electrons. The molecular weight excluding hydrogens is 187 g/mol. The fraction of sp³-hybridized carbons (Fsp3) is 0.300. The summed E-state index contributed by atoms with van der Waals surface area (Å²) in [6, 6.07) is 4.05. The Morgan fingerprint density at radius 1 is 1.08 bits per heavy atom. The van der Waals surface area contributed by atoms with Crippen LogP contribution in [0.3, 0.4) is 0 Å². The molecule has 12 heavy (non-hydrogen) atoms. The van der Waals surface area contributed by atoms with Crippen molar-refractivity contribution in [2.45, 2.75) is 20.8 Å². The quantitative estimate of drug-likeness (QED) is 0.635. The summed E-state index contributed by atoms with van der Waals surface area (Å²) in [6.45, 7) is 5.96. The number of hydrogen-bond donors (Lipinski definition) is 0. The fourth-order valence-corrected chi connectivity index (χ4v) is 1.38. The van der Waals surface area contributed by atoms with Crippen LogP contribution in [0.25, 0.3) is 0 Å². The maximum absolute atomic E-state index is 10.6. The van der Waals surface area contributed by atoms with E-state index in [4.69, 9.17) is 0 Å². The topological polar surface area (TPSA) is 17.1 Å². The van der Waals surface area contributed by atoms with Crippen molar-refractivity contribution in [3.05, 3.63) is 34.4 Å². The van der Waals surface area contributed by atoms with E-state index >= 15 is 0 Å². The predicted octanol–water partition coefficient (Wildman–Crippen LogP) is 2.42. The Bertz CT molecular complexity index is 269. The van der Waals surface area contributed by atoms with E-state index in [1.54, 1.807) is 0 Å². The Balaban J connectivity index is 0.00000121. The molecule has 1 nitrogen and oxygen atoms in total. The molecule has 0 saturated carbocycles. The zero-order valence-corrected chi connectivity index (χ0v) is 8.98. The van der Waals surface area contributed by atoms with Crippen LogP contribution < -0.4 is 0 Å². The van der Waals surface area contributed by atoms with Crippen molar-refractivity contribution in [1.29, 1.82) is 0 Å². The molecular formula is C10H12OV. The number of carbonyl (C=O) groups is 1. The van der Waals surface area contributed by atoms with Gasteiger partial charge in [-0.05, 0) is 31.9 Å². The van der Waals surface area contributed by atoms with Gasteiger partial charge in [0.15, 0.2) is 6.29 Å². The summed E-state index contributed by atoms with van der Waals surface area (Å²) in [6.07, 6.45) is 0.921. The minimum atomic E-state index is 0. The summed E-state index contributed by atoms with van der Waals surface area (Å²) in [5.41, 5.74) is 4.18. The number of benzene rings is 1. The van der Waals surface area contributed by atoms with Crippen molar-refractivity contribution in [2.75, 3.05) is 0 Å². The van der Waals surface area contributed by atoms with Gasteiger partial charge in [0.05, 0.1) is 0 Å². The first-order chi connectivity index (χ1) is 5.15. The van der Waals surface area contributed by atoms with E-state index in [-0.39, 0.29) is 18.6 Å². The first kappa shape index (κ1) is 11.5. The molecule has 0 aliphatic heterocycles. The van der Waals surface area contributed by atoms with Crippen molar-refractivity contribution in [3.8, 4) is 0 Å². The minimum absolute atomic E-state index is 0. The monoisotopic (exact) mass is 199 g/mol. The van der Waals surface area contributed by atoms with E-state index in [9.17, 15) is 4.79 Å². The number of rotatable bonds is 1. The third-order valence-electron chi connectivity index (χ3n) is 1.86. The summed E-state index contributed by atoms with van der Waals surface area (Å²) in [5, 5.41) is 0. The van der Waals surface area contributed by atoms with Gasteiger partial charge in [-0.2, -0.15) is 0 Å². The third-order valence-corrected chi connectivity index (χ3v) is 1.86. The molecule has 1 aromatic carbocycles. The molecule has 0 spiro atoms. The number of aldehydes is 1. The minimum Gasteiger partial charge on any atom is -0.298 e. The van der Waals surface area contributed by atoms with Gasteiger partial charge < -0.3 is 0 Å². The Labute approximate surface area is 85.1 Å². The summed E-state index contributed by atoms with van der Waals surface area (Å²) < 4.78 is 0. The summed E-state index contributed by atoms with van der Waals surface area (Å²) in [4.78, 5) is 10.6. The van der Waals surface area contributed by atoms with Gasteiger partial charge in [0.1, 0.15) is 0 Å². The Kier molecular flexibility index (Phi) is 4.29. The van der Waals surface area contributed by atoms with Crippen LogP contribution in [0.5, 0.6) is 0 Å². The molecule has 0 amide bonds. The van der Waals surface area contributed by atoms with Crippen molar-refractivity contribution in [3.63, 3.8) is 0 Å². The van der Waals surface area contributed by atoms with Gasteiger partial charge in [-0.3, -0.25) is 4.79 Å². The van der Waals surface area contributed by atoms with E-state index in [1.165, 1.54) is 5.56 Å². The summed E-state index contributed by atoms with van der Waals surface area (Å²) >= 11 is 0. The normalized spacial score (nSPS) is 8.92. The van der Waals surface area contributed by atoms with Gasteiger partial charge in [0.2, 0.25) is 0 Å². The predicted molar refractivity (Wildman–Crippen MR) is 46.0 cm³/mol. The van der Waals surface area contributed by atoms with Crippen LogP contribution in [0.15, 0.2) is 12.1 Å². The molecule has 0 N–H and O–H groups in total. The van der Waals surface area contributed by atoms with Gasteiger partial charge in [-0.1, -0.05) is 17.7 Å². The smallest absolute Gasteiger partial charge is 0.150 e. The maximum atomic E-state index is 10.6. The van der Waals surface area contributed by atoms with Gasteiger partial charge in [0.25, 0.3) is 0 Å². The van der Waals surface area contributed by atoms with E-state index in [0.717, 1.165) is 23.0 Å². The van der Waals surface area contributed by atoms with Crippen LogP contribution in [0.1, 0.15) is 27.0 Å². The molecule has 0 aliphatic carbocycles. The zero-order valence-electron chi connectivity index (χ0n) is 7.59. The standard InChI is InChI=1S/C10H12O.V/c1-7-4-8(2)10(6-11)9(3)5-7;/h4-6H,1-3H3;. The Hall–Kier alpha value is -0.526. The van der Waals surface area contributed by atoms with Crippen LogP contribution in [0.2, 0.25) is 0 Å². The van der Waals surface area contributed by atoms with Crippen molar-refractivity contribution in [2.24, 2.45) is 0 Å². The number of aryl methyl sites for hydroxylation is 3.